The molecule has 0 bridgehead atoms. The first-order valence-corrected chi connectivity index (χ1v) is 9.89. The lowest BCUT2D eigenvalue weighted by Crippen LogP contribution is -2.25. The van der Waals surface area contributed by atoms with Gasteiger partial charge in [-0.1, -0.05) is 18.2 Å². The molecule has 0 saturated carbocycles. The molecule has 24 heavy (non-hydrogen) atoms. The average molecular weight is 347 g/mol. The van der Waals surface area contributed by atoms with E-state index in [0.29, 0.717) is 5.82 Å². The summed E-state index contributed by atoms with van der Waals surface area (Å²) < 4.78 is 27.9. The molecule has 1 fully saturated rings. The van der Waals surface area contributed by atoms with Crippen molar-refractivity contribution < 1.29 is 8.42 Å². The second-order valence-corrected chi connectivity index (χ2v) is 8.33. The monoisotopic (exact) mass is 347 g/mol. The fourth-order valence-electron chi connectivity index (χ4n) is 3.45. The molecule has 2 heterocycles. The highest BCUT2D eigenvalue weighted by Crippen LogP contribution is 2.33. The van der Waals surface area contributed by atoms with Crippen molar-refractivity contribution in [1.82, 2.24) is 9.47 Å². The van der Waals surface area contributed by atoms with Gasteiger partial charge in [-0.15, -0.1) is 0 Å². The van der Waals surface area contributed by atoms with Gasteiger partial charge in [0.2, 0.25) is 9.84 Å². The van der Waals surface area contributed by atoms with Crippen molar-refractivity contribution in [2.75, 3.05) is 25.4 Å². The van der Waals surface area contributed by atoms with E-state index in [1.54, 1.807) is 24.3 Å². The van der Waals surface area contributed by atoms with Crippen LogP contribution in [0.4, 0.5) is 5.82 Å². The fourth-order valence-corrected chi connectivity index (χ4v) is 5.14. The molecule has 0 amide bonds. The van der Waals surface area contributed by atoms with Gasteiger partial charge in [0.1, 0.15) is 10.7 Å². The fraction of sp³-hybridized carbons (Fsp3) is 0.444. The molecule has 6 heteroatoms. The van der Waals surface area contributed by atoms with Gasteiger partial charge in [-0.05, 0) is 57.5 Å². The molecule has 1 aliphatic heterocycles. The van der Waals surface area contributed by atoms with Crippen LogP contribution in [0.15, 0.2) is 40.1 Å². The van der Waals surface area contributed by atoms with E-state index < -0.39 is 9.84 Å². The van der Waals surface area contributed by atoms with Crippen molar-refractivity contribution in [3.8, 4) is 0 Å². The van der Waals surface area contributed by atoms with E-state index in [1.807, 2.05) is 24.5 Å². The summed E-state index contributed by atoms with van der Waals surface area (Å²) in [7, 11) is -3.60. The molecule has 0 atom stereocenters. The van der Waals surface area contributed by atoms with Crippen LogP contribution in [-0.2, 0) is 16.4 Å². The molecule has 5 nitrogen and oxygen atoms in total. The van der Waals surface area contributed by atoms with Gasteiger partial charge in [-0.3, -0.25) is 0 Å². The van der Waals surface area contributed by atoms with Gasteiger partial charge in [-0.25, -0.2) is 8.42 Å². The highest BCUT2D eigenvalue weighted by Gasteiger charge is 2.28. The minimum atomic E-state index is -3.60. The number of aromatic nitrogens is 1. The predicted octanol–water partition coefficient (Wildman–Crippen LogP) is 2.62. The van der Waals surface area contributed by atoms with Crippen LogP contribution in [-0.4, -0.2) is 37.5 Å². The quantitative estimate of drug-likeness (QED) is 0.903. The van der Waals surface area contributed by atoms with Crippen molar-refractivity contribution in [3.05, 3.63) is 41.6 Å². The van der Waals surface area contributed by atoms with Crippen LogP contribution in [0.2, 0.25) is 0 Å². The molecule has 0 unspecified atom stereocenters. The zero-order valence-electron chi connectivity index (χ0n) is 14.3. The number of hydrogen-bond acceptors (Lipinski definition) is 4. The standard InChI is InChI=1S/C18H25N3O2S/c1-14-15(2)21(13-12-20-10-6-7-11-20)18(19)17(14)24(22,23)16-8-4-3-5-9-16/h3-5,8-9H,6-7,10-13,19H2,1-2H3. The first-order valence-electron chi connectivity index (χ1n) is 8.40. The van der Waals surface area contributed by atoms with E-state index in [0.717, 1.165) is 37.4 Å². The van der Waals surface area contributed by atoms with E-state index in [1.165, 1.54) is 12.8 Å². The summed E-state index contributed by atoms with van der Waals surface area (Å²) in [6.45, 7) is 7.66. The number of nitrogen functional groups attached to an aromatic ring is 1. The maximum absolute atomic E-state index is 13.0. The third-order valence-corrected chi connectivity index (χ3v) is 6.92. The van der Waals surface area contributed by atoms with Crippen molar-refractivity contribution in [2.45, 2.75) is 43.0 Å². The van der Waals surface area contributed by atoms with E-state index in [-0.39, 0.29) is 9.79 Å². The molecule has 0 radical (unpaired) electrons. The number of nitrogens with two attached hydrogens (primary N) is 1. The first kappa shape index (κ1) is 17.0. The molecule has 0 aliphatic carbocycles. The van der Waals surface area contributed by atoms with Gasteiger partial charge in [0.05, 0.1) is 4.90 Å². The molecule has 3 rings (SSSR count). The minimum Gasteiger partial charge on any atom is -0.384 e. The number of nitrogens with zero attached hydrogens (tertiary/aromatic N) is 2. The Morgan fingerprint density at radius 2 is 1.67 bits per heavy atom. The topological polar surface area (TPSA) is 68.3 Å². The Balaban J connectivity index is 1.96. The molecule has 0 spiro atoms. The van der Waals surface area contributed by atoms with Gasteiger partial charge >= 0.3 is 0 Å². The molecule has 2 aromatic rings. The van der Waals surface area contributed by atoms with Crippen LogP contribution >= 0.6 is 0 Å². The molecule has 1 saturated heterocycles. The number of likely N-dealkylation sites (tertiary alicyclic amines) is 1. The Kier molecular flexibility index (Phi) is 4.69. The number of hydrogen-bond donors (Lipinski definition) is 1. The molecule has 1 aromatic carbocycles. The van der Waals surface area contributed by atoms with Crippen LogP contribution in [0.1, 0.15) is 24.1 Å². The average Bonchev–Trinajstić information content (AvgIpc) is 3.15. The highest BCUT2D eigenvalue weighted by atomic mass is 32.2. The number of anilines is 1. The van der Waals surface area contributed by atoms with E-state index in [9.17, 15) is 8.42 Å². The summed E-state index contributed by atoms with van der Waals surface area (Å²) in [5.41, 5.74) is 7.96. The lowest BCUT2D eigenvalue weighted by atomic mass is 10.3. The molecule has 130 valence electrons. The molecule has 2 N–H and O–H groups in total. The summed E-state index contributed by atoms with van der Waals surface area (Å²) >= 11 is 0. The Morgan fingerprint density at radius 1 is 1.04 bits per heavy atom. The first-order chi connectivity index (χ1) is 11.4. The Hall–Kier alpha value is -1.79. The minimum absolute atomic E-state index is 0.257. The Labute approximate surface area is 144 Å². The maximum Gasteiger partial charge on any atom is 0.210 e. The van der Waals surface area contributed by atoms with Crippen molar-refractivity contribution in [2.24, 2.45) is 0 Å². The summed E-state index contributed by atoms with van der Waals surface area (Å²) in [6, 6.07) is 8.50. The van der Waals surface area contributed by atoms with Crippen LogP contribution < -0.4 is 5.73 Å². The van der Waals surface area contributed by atoms with Crippen molar-refractivity contribution in [1.29, 1.82) is 0 Å². The van der Waals surface area contributed by atoms with Gasteiger partial charge < -0.3 is 15.2 Å². The maximum atomic E-state index is 13.0. The Bertz CT molecular complexity index is 820. The van der Waals surface area contributed by atoms with E-state index in [2.05, 4.69) is 4.90 Å². The molecular weight excluding hydrogens is 322 g/mol. The summed E-state index contributed by atoms with van der Waals surface area (Å²) in [4.78, 5) is 2.95. The smallest absolute Gasteiger partial charge is 0.210 e. The molecule has 1 aromatic heterocycles. The predicted molar refractivity (Wildman–Crippen MR) is 95.9 cm³/mol. The third-order valence-electron chi connectivity index (χ3n) is 4.97. The van der Waals surface area contributed by atoms with Crippen LogP contribution in [0.25, 0.3) is 0 Å². The molecular formula is C18H25N3O2S. The number of rotatable bonds is 5. The van der Waals surface area contributed by atoms with Crippen molar-refractivity contribution >= 4 is 15.7 Å². The second-order valence-electron chi connectivity index (χ2n) is 6.44. The molecule has 1 aliphatic rings. The number of sulfone groups is 1. The lowest BCUT2D eigenvalue weighted by Gasteiger charge is -2.17. The normalized spacial score (nSPS) is 15.9. The van der Waals surface area contributed by atoms with Gasteiger partial charge in [-0.2, -0.15) is 0 Å². The zero-order chi connectivity index (χ0) is 17.3. The van der Waals surface area contributed by atoms with Crippen LogP contribution in [0.5, 0.6) is 0 Å². The van der Waals surface area contributed by atoms with Crippen LogP contribution in [0.3, 0.4) is 0 Å². The largest absolute Gasteiger partial charge is 0.384 e. The SMILES string of the molecule is Cc1c(S(=O)(=O)c2ccccc2)c(N)n(CCN2CCCC2)c1C. The second kappa shape index (κ2) is 6.61. The van der Waals surface area contributed by atoms with E-state index >= 15 is 0 Å². The number of benzene rings is 1. The van der Waals surface area contributed by atoms with Crippen molar-refractivity contribution in [3.63, 3.8) is 0 Å². The lowest BCUT2D eigenvalue weighted by molar-refractivity contribution is 0.322. The van der Waals surface area contributed by atoms with Gasteiger partial charge in [0, 0.05) is 18.8 Å². The van der Waals surface area contributed by atoms with Crippen LogP contribution in [0, 0.1) is 13.8 Å². The summed E-state index contributed by atoms with van der Waals surface area (Å²) in [5.74, 6) is 0.355. The Morgan fingerprint density at radius 3 is 2.29 bits per heavy atom. The third kappa shape index (κ3) is 2.96. The highest BCUT2D eigenvalue weighted by molar-refractivity contribution is 7.91. The van der Waals surface area contributed by atoms with Gasteiger partial charge in [0.15, 0.2) is 0 Å². The zero-order valence-corrected chi connectivity index (χ0v) is 15.1. The summed E-state index contributed by atoms with van der Waals surface area (Å²) in [6.07, 6.45) is 2.49. The van der Waals surface area contributed by atoms with E-state index in [4.69, 9.17) is 5.73 Å². The van der Waals surface area contributed by atoms with Gasteiger partial charge in [0.25, 0.3) is 0 Å². The summed E-state index contributed by atoms with van der Waals surface area (Å²) in [5, 5.41) is 0.